The summed E-state index contributed by atoms with van der Waals surface area (Å²) in [6.45, 7) is 1.63. The van der Waals surface area contributed by atoms with Crippen LogP contribution in [0.5, 0.6) is 0 Å². The molecule has 5 nitrogen and oxygen atoms in total. The number of H-pyrrole nitrogens is 1. The summed E-state index contributed by atoms with van der Waals surface area (Å²) < 4.78 is 0. The largest absolute Gasteiger partial charge is 0.369 e. The average molecular weight is 182 g/mol. The van der Waals surface area contributed by atoms with E-state index in [-0.39, 0.29) is 11.5 Å². The van der Waals surface area contributed by atoms with Crippen LogP contribution in [0.1, 0.15) is 5.69 Å². The number of aryl methyl sites for hydroxylation is 1. The topological polar surface area (TPSA) is 95.6 Å². The highest BCUT2D eigenvalue weighted by Crippen LogP contribution is 2.14. The Bertz CT molecular complexity index is 392. The summed E-state index contributed by atoms with van der Waals surface area (Å²) >= 11 is 0.781. The van der Waals surface area contributed by atoms with E-state index in [2.05, 4.69) is 9.97 Å². The van der Waals surface area contributed by atoms with E-state index in [4.69, 9.17) is 11.0 Å². The van der Waals surface area contributed by atoms with Gasteiger partial charge in [-0.2, -0.15) is 5.26 Å². The van der Waals surface area contributed by atoms with Crippen LogP contribution in [-0.4, -0.2) is 9.97 Å². The Balaban J connectivity index is 3.31. The number of aromatic amines is 1. The van der Waals surface area contributed by atoms with E-state index in [9.17, 15) is 4.79 Å². The number of nitrogen functional groups attached to an aromatic ring is 1. The third-order valence-corrected chi connectivity index (χ3v) is 1.99. The zero-order chi connectivity index (χ0) is 9.14. The Hall–Kier alpha value is -1.48. The molecule has 0 radical (unpaired) electrons. The number of nitriles is 1. The van der Waals surface area contributed by atoms with Gasteiger partial charge < -0.3 is 5.73 Å². The second-order valence-electron chi connectivity index (χ2n) is 2.06. The molecule has 0 saturated heterocycles. The molecule has 1 rings (SSSR count). The third-order valence-electron chi connectivity index (χ3n) is 1.21. The molecule has 0 fully saturated rings. The van der Waals surface area contributed by atoms with Crippen LogP contribution in [0.2, 0.25) is 0 Å². The smallest absolute Gasteiger partial charge is 0.267 e. The predicted octanol–water partition coefficient (Wildman–Crippen LogP) is 0.234. The third kappa shape index (κ3) is 1.57. The summed E-state index contributed by atoms with van der Waals surface area (Å²) in [5.74, 6) is 0.0692. The maximum Gasteiger partial charge on any atom is 0.267 e. The van der Waals surface area contributed by atoms with Gasteiger partial charge in [0.05, 0.1) is 5.69 Å². The number of aromatic nitrogens is 2. The number of hydrogen-bond acceptors (Lipinski definition) is 5. The van der Waals surface area contributed by atoms with Gasteiger partial charge in [0, 0.05) is 0 Å². The van der Waals surface area contributed by atoms with E-state index in [0.717, 1.165) is 11.8 Å². The second-order valence-corrected chi connectivity index (χ2v) is 2.85. The van der Waals surface area contributed by atoms with Gasteiger partial charge in [0.1, 0.15) is 10.3 Å². The molecule has 1 heterocycles. The number of nitrogens with two attached hydrogens (primary N) is 1. The van der Waals surface area contributed by atoms with Crippen molar-refractivity contribution >= 4 is 17.7 Å². The van der Waals surface area contributed by atoms with E-state index >= 15 is 0 Å². The first kappa shape index (κ1) is 8.62. The summed E-state index contributed by atoms with van der Waals surface area (Å²) in [5.41, 5.74) is 5.37. The molecule has 0 aliphatic heterocycles. The van der Waals surface area contributed by atoms with Crippen molar-refractivity contribution in [3.05, 3.63) is 16.0 Å². The van der Waals surface area contributed by atoms with Gasteiger partial charge in [0.2, 0.25) is 5.95 Å². The fourth-order valence-corrected chi connectivity index (χ4v) is 1.19. The van der Waals surface area contributed by atoms with Crippen molar-refractivity contribution in [3.8, 4) is 5.40 Å². The van der Waals surface area contributed by atoms with Crippen LogP contribution in [0.15, 0.2) is 9.69 Å². The molecule has 62 valence electrons. The molecule has 0 aliphatic carbocycles. The molecule has 0 aromatic carbocycles. The van der Waals surface area contributed by atoms with Crippen LogP contribution < -0.4 is 11.3 Å². The molecular weight excluding hydrogens is 176 g/mol. The van der Waals surface area contributed by atoms with Gasteiger partial charge >= 0.3 is 0 Å². The summed E-state index contributed by atoms with van der Waals surface area (Å²) in [5, 5.41) is 10.1. The molecule has 0 amide bonds. The first-order valence-electron chi connectivity index (χ1n) is 3.07. The zero-order valence-corrected chi connectivity index (χ0v) is 7.10. The van der Waals surface area contributed by atoms with E-state index in [1.165, 1.54) is 0 Å². The Morgan fingerprint density at radius 3 is 2.92 bits per heavy atom. The van der Waals surface area contributed by atoms with Crippen LogP contribution in [0, 0.1) is 17.6 Å². The van der Waals surface area contributed by atoms with Crippen molar-refractivity contribution in [2.45, 2.75) is 11.8 Å². The first-order valence-corrected chi connectivity index (χ1v) is 3.89. The van der Waals surface area contributed by atoms with Crippen molar-refractivity contribution in [3.63, 3.8) is 0 Å². The Morgan fingerprint density at radius 1 is 1.75 bits per heavy atom. The predicted molar refractivity (Wildman–Crippen MR) is 45.5 cm³/mol. The van der Waals surface area contributed by atoms with Gasteiger partial charge in [-0.25, -0.2) is 4.98 Å². The lowest BCUT2D eigenvalue weighted by atomic mass is 10.4. The van der Waals surface area contributed by atoms with Crippen LogP contribution >= 0.6 is 11.8 Å². The van der Waals surface area contributed by atoms with Gasteiger partial charge in [-0.05, 0) is 18.7 Å². The molecule has 0 atom stereocenters. The molecule has 0 unspecified atom stereocenters. The van der Waals surface area contributed by atoms with Crippen LogP contribution in [0.4, 0.5) is 5.95 Å². The SMILES string of the molecule is Cc1nc(N)[nH]c(=O)c1SC#N. The van der Waals surface area contributed by atoms with Crippen molar-refractivity contribution in [1.82, 2.24) is 9.97 Å². The van der Waals surface area contributed by atoms with Crippen molar-refractivity contribution in [1.29, 1.82) is 5.26 Å². The lowest BCUT2D eigenvalue weighted by molar-refractivity contribution is 0.999. The van der Waals surface area contributed by atoms with Crippen molar-refractivity contribution in [2.75, 3.05) is 5.73 Å². The number of thiocyanates is 1. The molecule has 0 aliphatic rings. The maximum atomic E-state index is 11.1. The van der Waals surface area contributed by atoms with Gasteiger partial charge in [0.25, 0.3) is 5.56 Å². The van der Waals surface area contributed by atoms with Crippen LogP contribution in [0.25, 0.3) is 0 Å². The van der Waals surface area contributed by atoms with Gasteiger partial charge in [0.15, 0.2) is 0 Å². The number of thioether (sulfide) groups is 1. The molecule has 3 N–H and O–H groups in total. The van der Waals surface area contributed by atoms with E-state index < -0.39 is 0 Å². The fraction of sp³-hybridized carbons (Fsp3) is 0.167. The summed E-state index contributed by atoms with van der Waals surface area (Å²) in [7, 11) is 0. The minimum absolute atomic E-state index is 0.0692. The molecule has 6 heteroatoms. The summed E-state index contributed by atoms with van der Waals surface area (Å²) in [6, 6.07) is 0. The molecule has 0 bridgehead atoms. The van der Waals surface area contributed by atoms with E-state index in [0.29, 0.717) is 10.6 Å². The number of nitrogens with one attached hydrogen (secondary N) is 1. The van der Waals surface area contributed by atoms with Crippen molar-refractivity contribution < 1.29 is 0 Å². The van der Waals surface area contributed by atoms with E-state index in [1.54, 1.807) is 12.3 Å². The molecule has 1 aromatic rings. The number of hydrogen-bond donors (Lipinski definition) is 2. The molecule has 1 aromatic heterocycles. The summed E-state index contributed by atoms with van der Waals surface area (Å²) in [6.07, 6.45) is 0. The Kier molecular flexibility index (Phi) is 2.35. The molecular formula is C6H6N4OS. The van der Waals surface area contributed by atoms with Crippen LogP contribution in [-0.2, 0) is 0 Å². The molecule has 0 saturated carbocycles. The molecule has 0 spiro atoms. The highest BCUT2D eigenvalue weighted by molar-refractivity contribution is 8.03. The first-order chi connectivity index (χ1) is 5.65. The quantitative estimate of drug-likeness (QED) is 0.479. The number of rotatable bonds is 1. The van der Waals surface area contributed by atoms with Crippen LogP contribution in [0.3, 0.4) is 0 Å². The molecule has 12 heavy (non-hydrogen) atoms. The van der Waals surface area contributed by atoms with Gasteiger partial charge in [-0.3, -0.25) is 9.78 Å². The maximum absolute atomic E-state index is 11.1. The average Bonchev–Trinajstić information content (AvgIpc) is 1.96. The standard InChI is InChI=1S/C6H6N4OS/c1-3-4(12-2-7)5(11)10-6(8)9-3/h1H3,(H3,8,9,10,11). The Labute approximate surface area is 72.6 Å². The van der Waals surface area contributed by atoms with E-state index in [1.807, 2.05) is 0 Å². The van der Waals surface area contributed by atoms with Gasteiger partial charge in [-0.1, -0.05) is 0 Å². The highest BCUT2D eigenvalue weighted by atomic mass is 32.2. The monoisotopic (exact) mass is 182 g/mol. The summed E-state index contributed by atoms with van der Waals surface area (Å²) in [4.78, 5) is 17.5. The number of anilines is 1. The fourth-order valence-electron chi connectivity index (χ4n) is 0.763. The lowest BCUT2D eigenvalue weighted by Gasteiger charge is -1.98. The van der Waals surface area contributed by atoms with Crippen molar-refractivity contribution in [2.24, 2.45) is 0 Å². The Morgan fingerprint density at radius 2 is 2.42 bits per heavy atom. The number of nitrogens with zero attached hydrogens (tertiary/aromatic N) is 2. The minimum Gasteiger partial charge on any atom is -0.369 e. The minimum atomic E-state index is -0.369. The van der Waals surface area contributed by atoms with Gasteiger partial charge in [-0.15, -0.1) is 0 Å². The normalized spacial score (nSPS) is 9.33. The highest BCUT2D eigenvalue weighted by Gasteiger charge is 2.06. The zero-order valence-electron chi connectivity index (χ0n) is 6.29. The lowest BCUT2D eigenvalue weighted by Crippen LogP contribution is -2.14. The second kappa shape index (κ2) is 3.28.